The van der Waals surface area contributed by atoms with Gasteiger partial charge in [0.2, 0.25) is 0 Å². The van der Waals surface area contributed by atoms with Crippen molar-refractivity contribution in [3.05, 3.63) is 262 Å². The number of benzene rings is 12. The van der Waals surface area contributed by atoms with Crippen LogP contribution in [0.1, 0.15) is 55.6 Å². The minimum atomic E-state index is -0.226. The molecule has 0 amide bonds. The molecule has 12 aromatic rings. The minimum Gasteiger partial charge on any atom is -0.458 e. The number of anilines is 11. The lowest BCUT2D eigenvalue weighted by atomic mass is 9.29. The van der Waals surface area contributed by atoms with E-state index in [2.05, 4.69) is 296 Å². The van der Waals surface area contributed by atoms with E-state index < -0.39 is 0 Å². The van der Waals surface area contributed by atoms with Crippen molar-refractivity contribution < 1.29 is 9.47 Å². The standard InChI is InChI=1S/C82H65B3N4O2/c1-45-29-49(5)77(50(6)30-45)55-37-66-79-70(38-55)87(57-21-13-11-14-22-57)67-27-19-17-25-59(67)83(79)61-41-63-73(43-65(61)86-66)90-75-35-48(4)36-76-81(75)85(63)64-42-62-69(44-74(64)91-76)89(82-53(9)33-47(3)34-54(82)10)72-40-56(78-51(7)31-46(2)32-52(78)8)39-71-80(72)84(62)60-26-18-20-28-68(60)88(71)58-23-15-12-16-24-58/h11-44,86H,1-10H3. The summed E-state index contributed by atoms with van der Waals surface area (Å²) in [5.74, 6) is 3.37. The molecular formula is C82H65B3N4O2. The maximum Gasteiger partial charge on any atom is 0.260 e. The van der Waals surface area contributed by atoms with Crippen molar-refractivity contribution in [1.29, 1.82) is 0 Å². The van der Waals surface area contributed by atoms with Gasteiger partial charge in [0.15, 0.2) is 0 Å². The van der Waals surface area contributed by atoms with Gasteiger partial charge in [-0.05, 0) is 247 Å². The van der Waals surface area contributed by atoms with Gasteiger partial charge < -0.3 is 29.5 Å². The Balaban J connectivity index is 0.894. The van der Waals surface area contributed by atoms with Gasteiger partial charge in [-0.3, -0.25) is 0 Å². The van der Waals surface area contributed by atoms with Gasteiger partial charge in [0.05, 0.1) is 5.69 Å². The second kappa shape index (κ2) is 19.6. The van der Waals surface area contributed by atoms with Crippen LogP contribution in [-0.4, -0.2) is 20.1 Å². The Morgan fingerprint density at radius 2 is 0.703 bits per heavy atom. The monoisotopic (exact) mass is 1170 g/mol. The largest absolute Gasteiger partial charge is 0.458 e. The first kappa shape index (κ1) is 53.6. The summed E-state index contributed by atoms with van der Waals surface area (Å²) in [4.78, 5) is 7.63. The molecule has 0 bridgehead atoms. The predicted molar refractivity (Wildman–Crippen MR) is 385 cm³/mol. The normalized spacial score (nSPS) is 13.7. The Morgan fingerprint density at radius 1 is 0.286 bits per heavy atom. The molecule has 91 heavy (non-hydrogen) atoms. The molecule has 0 aromatic heterocycles. The van der Waals surface area contributed by atoms with E-state index in [-0.39, 0.29) is 20.1 Å². The third kappa shape index (κ3) is 7.83. The maximum absolute atomic E-state index is 7.49. The first-order chi connectivity index (χ1) is 44.2. The molecule has 6 nitrogen and oxygen atoms in total. The molecule has 0 saturated carbocycles. The molecular weight excluding hydrogens is 1110 g/mol. The number of hydrogen-bond donors (Lipinski definition) is 1. The first-order valence-electron chi connectivity index (χ1n) is 32.1. The molecule has 18 rings (SSSR count). The SMILES string of the molecule is Cc1cc(C)c(-c2cc3c4c(c2)N(c2ccccc2)c2ccccc2B4c2cc4c(cc2N3)Oc2cc(C)cc3c2B4c2cc4c(cc2O3)N(c2c(C)cc(C)cc2C)c2cc(-c3c(C)cc(C)cc3C)cc3c2B4c2ccccc2N3c2ccccc2)c(C)c1. The third-order valence-corrected chi connectivity index (χ3v) is 20.5. The average Bonchev–Trinajstić information content (AvgIpc) is 0.698. The van der Waals surface area contributed by atoms with Crippen molar-refractivity contribution in [2.45, 2.75) is 69.2 Å². The molecule has 6 heterocycles. The Kier molecular flexibility index (Phi) is 11.5. The van der Waals surface area contributed by atoms with Crippen molar-refractivity contribution in [2.75, 3.05) is 20.0 Å². The summed E-state index contributed by atoms with van der Waals surface area (Å²) in [7, 11) is 0. The molecule has 1 N–H and O–H groups in total. The van der Waals surface area contributed by atoms with Gasteiger partial charge in [0, 0.05) is 74.5 Å². The van der Waals surface area contributed by atoms with E-state index >= 15 is 0 Å². The highest BCUT2D eigenvalue weighted by molar-refractivity contribution is 7.03. The van der Waals surface area contributed by atoms with Crippen LogP contribution >= 0.6 is 0 Å². The van der Waals surface area contributed by atoms with E-state index in [1.54, 1.807) is 0 Å². The number of hydrogen-bond acceptors (Lipinski definition) is 6. The van der Waals surface area contributed by atoms with Crippen LogP contribution in [0.4, 0.5) is 62.6 Å². The molecule has 0 saturated heterocycles. The van der Waals surface area contributed by atoms with E-state index in [0.29, 0.717) is 0 Å². The first-order valence-corrected chi connectivity index (χ1v) is 32.1. The molecule has 0 unspecified atom stereocenters. The summed E-state index contributed by atoms with van der Waals surface area (Å²) in [5.41, 5.74) is 40.8. The molecule has 0 radical (unpaired) electrons. The third-order valence-electron chi connectivity index (χ3n) is 20.5. The summed E-state index contributed by atoms with van der Waals surface area (Å²) in [5, 5.41) is 4.12. The lowest BCUT2D eigenvalue weighted by molar-refractivity contribution is 0.464. The summed E-state index contributed by atoms with van der Waals surface area (Å²) in [6, 6.07) is 78.2. The van der Waals surface area contributed by atoms with Crippen LogP contribution in [0, 0.1) is 69.2 Å². The van der Waals surface area contributed by atoms with Crippen LogP contribution in [0.25, 0.3) is 22.3 Å². The minimum absolute atomic E-state index is 0.0909. The summed E-state index contributed by atoms with van der Waals surface area (Å²) in [6.45, 7) is 22.0. The highest BCUT2D eigenvalue weighted by Crippen LogP contribution is 2.51. The van der Waals surface area contributed by atoms with E-state index in [4.69, 9.17) is 9.47 Å². The van der Waals surface area contributed by atoms with Gasteiger partial charge in [-0.1, -0.05) is 138 Å². The average molecular weight is 1170 g/mol. The number of fused-ring (bicyclic) bond motifs is 12. The van der Waals surface area contributed by atoms with E-state index in [9.17, 15) is 0 Å². The molecule has 0 atom stereocenters. The summed E-state index contributed by atoms with van der Waals surface area (Å²) < 4.78 is 14.8. The molecule has 9 heteroatoms. The van der Waals surface area contributed by atoms with Crippen LogP contribution < -0.4 is 78.7 Å². The number of nitrogens with one attached hydrogen (secondary N) is 1. The van der Waals surface area contributed by atoms with Gasteiger partial charge in [-0.25, -0.2) is 0 Å². The van der Waals surface area contributed by atoms with Gasteiger partial charge in [-0.2, -0.15) is 0 Å². The molecule has 0 aliphatic carbocycles. The van der Waals surface area contributed by atoms with E-state index in [0.717, 1.165) is 73.4 Å². The van der Waals surface area contributed by atoms with Gasteiger partial charge >= 0.3 is 0 Å². The van der Waals surface area contributed by atoms with Crippen molar-refractivity contribution in [2.24, 2.45) is 0 Å². The summed E-state index contributed by atoms with van der Waals surface area (Å²) >= 11 is 0. The van der Waals surface area contributed by atoms with Crippen molar-refractivity contribution in [3.63, 3.8) is 0 Å². The Labute approximate surface area is 534 Å². The van der Waals surface area contributed by atoms with Crippen molar-refractivity contribution in [3.8, 4) is 45.3 Å². The topological polar surface area (TPSA) is 40.2 Å². The van der Waals surface area contributed by atoms with E-state index in [1.807, 2.05) is 0 Å². The van der Waals surface area contributed by atoms with Gasteiger partial charge in [0.25, 0.3) is 20.1 Å². The lowest BCUT2D eigenvalue weighted by Gasteiger charge is -2.46. The number of para-hydroxylation sites is 4. The molecule has 6 aliphatic rings. The van der Waals surface area contributed by atoms with Crippen molar-refractivity contribution in [1.82, 2.24) is 0 Å². The van der Waals surface area contributed by atoms with Gasteiger partial charge in [-0.15, -0.1) is 0 Å². The molecule has 6 aliphatic heterocycles. The van der Waals surface area contributed by atoms with Crippen LogP contribution in [0.15, 0.2) is 206 Å². The highest BCUT2D eigenvalue weighted by Gasteiger charge is 2.49. The Bertz CT molecular complexity index is 5140. The lowest BCUT2D eigenvalue weighted by Crippen LogP contribution is -2.65. The maximum atomic E-state index is 7.49. The van der Waals surface area contributed by atoms with Crippen LogP contribution in [0.3, 0.4) is 0 Å². The van der Waals surface area contributed by atoms with Crippen molar-refractivity contribution >= 4 is 132 Å². The number of nitrogens with zero attached hydrogens (tertiary/aromatic N) is 3. The number of ether oxygens (including phenoxy) is 2. The fourth-order valence-corrected chi connectivity index (χ4v) is 17.4. The van der Waals surface area contributed by atoms with Crippen LogP contribution in [0.5, 0.6) is 23.0 Å². The fourth-order valence-electron chi connectivity index (χ4n) is 17.4. The second-order valence-corrected chi connectivity index (χ2v) is 26.7. The van der Waals surface area contributed by atoms with Gasteiger partial charge in [0.1, 0.15) is 23.0 Å². The highest BCUT2D eigenvalue weighted by atomic mass is 16.5. The zero-order valence-corrected chi connectivity index (χ0v) is 53.0. The molecule has 434 valence electrons. The van der Waals surface area contributed by atoms with E-state index in [1.165, 1.54) is 139 Å². The Hall–Kier alpha value is -10.4. The summed E-state index contributed by atoms with van der Waals surface area (Å²) in [6.07, 6.45) is 0. The Morgan fingerprint density at radius 3 is 1.24 bits per heavy atom. The fraction of sp³-hybridized carbons (Fsp3) is 0.122. The number of rotatable bonds is 5. The second-order valence-electron chi connectivity index (χ2n) is 26.7. The quantitative estimate of drug-likeness (QED) is 0.173. The van der Waals surface area contributed by atoms with Crippen LogP contribution in [-0.2, 0) is 0 Å². The zero-order valence-electron chi connectivity index (χ0n) is 53.0. The molecule has 0 spiro atoms. The number of aryl methyl sites for hydroxylation is 10. The zero-order chi connectivity index (χ0) is 61.6. The smallest absolute Gasteiger partial charge is 0.260 e. The molecule has 12 aromatic carbocycles. The predicted octanol–water partition coefficient (Wildman–Crippen LogP) is 15.3. The molecule has 0 fully saturated rings. The van der Waals surface area contributed by atoms with Crippen LogP contribution in [0.2, 0.25) is 0 Å².